The van der Waals surface area contributed by atoms with Crippen molar-refractivity contribution in [2.24, 2.45) is 0 Å². The van der Waals surface area contributed by atoms with Crippen molar-refractivity contribution >= 4 is 33.8 Å². The van der Waals surface area contributed by atoms with Crippen LogP contribution in [0.1, 0.15) is 26.4 Å². The van der Waals surface area contributed by atoms with E-state index in [2.05, 4.69) is 15.2 Å². The van der Waals surface area contributed by atoms with Crippen molar-refractivity contribution in [3.63, 3.8) is 0 Å². The monoisotopic (exact) mass is 473 g/mol. The SMILES string of the molecule is O=C(Nc1ccccc1C(=O)N1CCN(Cc2cc(=O)n3ccsc3n2)CC1)c1ccccc1. The van der Waals surface area contributed by atoms with Crippen molar-refractivity contribution in [2.45, 2.75) is 6.54 Å². The maximum atomic E-state index is 13.3. The fourth-order valence-corrected chi connectivity index (χ4v) is 4.78. The van der Waals surface area contributed by atoms with Gasteiger partial charge >= 0.3 is 0 Å². The van der Waals surface area contributed by atoms with Crippen LogP contribution in [-0.2, 0) is 6.54 Å². The Bertz CT molecular complexity index is 1390. The number of hydrogen-bond acceptors (Lipinski definition) is 6. The quantitative estimate of drug-likeness (QED) is 0.482. The number of anilines is 1. The van der Waals surface area contributed by atoms with Crippen LogP contribution in [0.4, 0.5) is 5.69 Å². The molecule has 0 unspecified atom stereocenters. The Morgan fingerprint density at radius 3 is 2.50 bits per heavy atom. The molecule has 5 rings (SSSR count). The molecule has 0 spiro atoms. The van der Waals surface area contributed by atoms with Crippen molar-refractivity contribution in [2.75, 3.05) is 31.5 Å². The predicted molar refractivity (Wildman–Crippen MR) is 131 cm³/mol. The molecule has 0 atom stereocenters. The lowest BCUT2D eigenvalue weighted by atomic mass is 10.1. The Morgan fingerprint density at radius 1 is 0.971 bits per heavy atom. The molecule has 2 amide bonds. The fraction of sp³-hybridized carbons (Fsp3) is 0.200. The number of nitrogens with one attached hydrogen (secondary N) is 1. The number of piperazine rings is 1. The van der Waals surface area contributed by atoms with Gasteiger partial charge in [-0.1, -0.05) is 30.3 Å². The maximum Gasteiger partial charge on any atom is 0.258 e. The highest BCUT2D eigenvalue weighted by Crippen LogP contribution is 2.20. The van der Waals surface area contributed by atoms with Crippen LogP contribution in [0.15, 0.2) is 77.0 Å². The van der Waals surface area contributed by atoms with Crippen LogP contribution < -0.4 is 10.9 Å². The highest BCUT2D eigenvalue weighted by molar-refractivity contribution is 7.15. The molecule has 1 aliphatic heterocycles. The first-order valence-electron chi connectivity index (χ1n) is 11.0. The van der Waals surface area contributed by atoms with Crippen molar-refractivity contribution in [1.29, 1.82) is 0 Å². The number of benzene rings is 2. The summed E-state index contributed by atoms with van der Waals surface area (Å²) in [5.74, 6) is -0.364. The van der Waals surface area contributed by atoms with E-state index in [0.29, 0.717) is 54.5 Å². The maximum absolute atomic E-state index is 13.3. The molecule has 2 aromatic carbocycles. The Morgan fingerprint density at radius 2 is 1.71 bits per heavy atom. The summed E-state index contributed by atoms with van der Waals surface area (Å²) >= 11 is 1.43. The second-order valence-electron chi connectivity index (χ2n) is 8.08. The van der Waals surface area contributed by atoms with Crippen LogP contribution >= 0.6 is 11.3 Å². The third-order valence-electron chi connectivity index (χ3n) is 5.84. The van der Waals surface area contributed by atoms with Gasteiger partial charge in [0.25, 0.3) is 17.4 Å². The molecule has 8 nitrogen and oxygen atoms in total. The molecule has 0 radical (unpaired) electrons. The van der Waals surface area contributed by atoms with E-state index in [-0.39, 0.29) is 17.4 Å². The number of amides is 2. The summed E-state index contributed by atoms with van der Waals surface area (Å²) in [7, 11) is 0. The van der Waals surface area contributed by atoms with E-state index in [0.717, 1.165) is 5.69 Å². The van der Waals surface area contributed by atoms with Gasteiger partial charge in [-0.25, -0.2) is 4.98 Å². The first kappa shape index (κ1) is 22.0. The molecule has 1 fully saturated rings. The zero-order valence-corrected chi connectivity index (χ0v) is 19.2. The van der Waals surface area contributed by atoms with Gasteiger partial charge in [0.15, 0.2) is 4.96 Å². The third-order valence-corrected chi connectivity index (χ3v) is 6.60. The van der Waals surface area contributed by atoms with E-state index in [9.17, 15) is 14.4 Å². The van der Waals surface area contributed by atoms with Crippen LogP contribution in [-0.4, -0.2) is 57.2 Å². The van der Waals surface area contributed by atoms with Gasteiger partial charge in [-0.15, -0.1) is 11.3 Å². The van der Waals surface area contributed by atoms with Crippen molar-refractivity contribution in [1.82, 2.24) is 19.2 Å². The molecule has 172 valence electrons. The van der Waals surface area contributed by atoms with E-state index < -0.39 is 0 Å². The van der Waals surface area contributed by atoms with E-state index in [1.807, 2.05) is 11.4 Å². The molecule has 1 aliphatic rings. The molecule has 0 bridgehead atoms. The Labute approximate surface area is 200 Å². The number of thiazole rings is 1. The van der Waals surface area contributed by atoms with E-state index >= 15 is 0 Å². The summed E-state index contributed by atoms with van der Waals surface area (Å²) in [6, 6.07) is 17.6. The third kappa shape index (κ3) is 4.61. The molecule has 4 aromatic rings. The highest BCUT2D eigenvalue weighted by Gasteiger charge is 2.24. The normalized spacial score (nSPS) is 14.3. The second kappa shape index (κ2) is 9.58. The Hall–Kier alpha value is -3.82. The summed E-state index contributed by atoms with van der Waals surface area (Å²) in [5, 5.41) is 4.72. The molecule has 2 aromatic heterocycles. The summed E-state index contributed by atoms with van der Waals surface area (Å²) in [6.07, 6.45) is 1.73. The number of nitrogens with zero attached hydrogens (tertiary/aromatic N) is 4. The zero-order valence-electron chi connectivity index (χ0n) is 18.4. The lowest BCUT2D eigenvalue weighted by Gasteiger charge is -2.34. The molecule has 1 saturated heterocycles. The van der Waals surface area contributed by atoms with Gasteiger partial charge in [-0.3, -0.25) is 23.7 Å². The minimum Gasteiger partial charge on any atom is -0.336 e. The van der Waals surface area contributed by atoms with Crippen LogP contribution in [0.3, 0.4) is 0 Å². The molecule has 0 aliphatic carbocycles. The van der Waals surface area contributed by atoms with Gasteiger partial charge in [0.2, 0.25) is 0 Å². The fourth-order valence-electron chi connectivity index (χ4n) is 4.04. The number of hydrogen-bond donors (Lipinski definition) is 1. The van der Waals surface area contributed by atoms with Gasteiger partial charge in [-0.2, -0.15) is 0 Å². The summed E-state index contributed by atoms with van der Waals surface area (Å²) in [6.45, 7) is 3.03. The van der Waals surface area contributed by atoms with Gasteiger partial charge in [0.05, 0.1) is 16.9 Å². The number of carbonyl (C=O) groups is 2. The minimum absolute atomic E-state index is 0.0794. The Balaban J connectivity index is 1.23. The number of para-hydroxylation sites is 1. The van der Waals surface area contributed by atoms with Crippen LogP contribution in [0.5, 0.6) is 0 Å². The largest absolute Gasteiger partial charge is 0.336 e. The number of fused-ring (bicyclic) bond motifs is 1. The molecule has 34 heavy (non-hydrogen) atoms. The van der Waals surface area contributed by atoms with E-state index in [1.54, 1.807) is 70.1 Å². The molecular formula is C25H23N5O3S. The van der Waals surface area contributed by atoms with Gasteiger partial charge < -0.3 is 10.2 Å². The number of rotatable bonds is 5. The smallest absolute Gasteiger partial charge is 0.258 e. The summed E-state index contributed by atoms with van der Waals surface area (Å²) < 4.78 is 1.54. The summed E-state index contributed by atoms with van der Waals surface area (Å²) in [4.78, 5) is 47.3. The van der Waals surface area contributed by atoms with E-state index in [1.165, 1.54) is 11.3 Å². The molecule has 3 heterocycles. The number of carbonyl (C=O) groups excluding carboxylic acids is 2. The molecule has 1 N–H and O–H groups in total. The van der Waals surface area contributed by atoms with Crippen LogP contribution in [0.25, 0.3) is 4.96 Å². The van der Waals surface area contributed by atoms with Crippen molar-refractivity contribution in [3.8, 4) is 0 Å². The number of aromatic nitrogens is 2. The lowest BCUT2D eigenvalue weighted by molar-refractivity contribution is 0.0628. The van der Waals surface area contributed by atoms with Crippen LogP contribution in [0.2, 0.25) is 0 Å². The average Bonchev–Trinajstić information content (AvgIpc) is 3.34. The summed E-state index contributed by atoms with van der Waals surface area (Å²) in [5.41, 5.74) is 2.16. The van der Waals surface area contributed by atoms with E-state index in [4.69, 9.17) is 0 Å². The van der Waals surface area contributed by atoms with Crippen molar-refractivity contribution < 1.29 is 9.59 Å². The zero-order chi connectivity index (χ0) is 23.5. The predicted octanol–water partition coefficient (Wildman–Crippen LogP) is 2.97. The van der Waals surface area contributed by atoms with Gasteiger partial charge in [0, 0.05) is 55.9 Å². The standard InChI is InChI=1S/C25H23N5O3S/c31-22-16-19(26-25-30(22)14-15-34-25)17-28-10-12-29(13-11-28)24(33)20-8-4-5-9-21(20)27-23(32)18-6-2-1-3-7-18/h1-9,14-16H,10-13,17H2,(H,27,32). The van der Waals surface area contributed by atoms with Crippen LogP contribution in [0, 0.1) is 0 Å². The highest BCUT2D eigenvalue weighted by atomic mass is 32.1. The second-order valence-corrected chi connectivity index (χ2v) is 8.95. The first-order valence-corrected chi connectivity index (χ1v) is 11.9. The lowest BCUT2D eigenvalue weighted by Crippen LogP contribution is -2.48. The van der Waals surface area contributed by atoms with Crippen molar-refractivity contribution in [3.05, 3.63) is 99.4 Å². The van der Waals surface area contributed by atoms with Gasteiger partial charge in [-0.05, 0) is 24.3 Å². The molecule has 9 heteroatoms. The topological polar surface area (TPSA) is 87.0 Å². The minimum atomic E-state index is -0.253. The molecular weight excluding hydrogens is 450 g/mol. The van der Waals surface area contributed by atoms with Gasteiger partial charge in [0.1, 0.15) is 0 Å². The Kier molecular flexibility index (Phi) is 6.20. The molecule has 0 saturated carbocycles. The average molecular weight is 474 g/mol. The first-order chi connectivity index (χ1) is 16.6.